The van der Waals surface area contributed by atoms with Gasteiger partial charge in [0.05, 0.1) is 17.1 Å². The maximum absolute atomic E-state index is 13.3. The van der Waals surface area contributed by atoms with Gasteiger partial charge in [-0.2, -0.15) is 0 Å². The number of anilines is 1. The Balaban J connectivity index is 1.69. The van der Waals surface area contributed by atoms with E-state index in [2.05, 4.69) is 21.2 Å². The van der Waals surface area contributed by atoms with Crippen molar-refractivity contribution in [2.24, 2.45) is 0 Å². The van der Waals surface area contributed by atoms with Crippen LogP contribution in [0.3, 0.4) is 0 Å². The number of amides is 1. The van der Waals surface area contributed by atoms with Gasteiger partial charge in [-0.25, -0.2) is 8.42 Å². The van der Waals surface area contributed by atoms with E-state index >= 15 is 0 Å². The number of benzene rings is 3. The Morgan fingerprint density at radius 3 is 2.33 bits per heavy atom. The molecule has 0 atom stereocenters. The summed E-state index contributed by atoms with van der Waals surface area (Å²) in [5.74, 6) is 0.150. The molecule has 3 aromatic rings. The molecule has 33 heavy (non-hydrogen) atoms. The summed E-state index contributed by atoms with van der Waals surface area (Å²) in [7, 11) is -3.95. The minimum Gasteiger partial charge on any atom is -0.492 e. The number of carbonyl (C=O) groups excluding carboxylic acids is 1. The summed E-state index contributed by atoms with van der Waals surface area (Å²) in [4.78, 5) is 12.7. The fourth-order valence-electron chi connectivity index (χ4n) is 2.97. The Labute approximate surface area is 207 Å². The summed E-state index contributed by atoms with van der Waals surface area (Å²) >= 11 is 9.44. The molecule has 0 fully saturated rings. The lowest BCUT2D eigenvalue weighted by Gasteiger charge is -2.24. The molecule has 0 bridgehead atoms. The van der Waals surface area contributed by atoms with Crippen molar-refractivity contribution in [1.29, 1.82) is 0 Å². The second kappa shape index (κ2) is 11.0. The van der Waals surface area contributed by atoms with Crippen molar-refractivity contribution < 1.29 is 17.9 Å². The highest BCUT2D eigenvalue weighted by Crippen LogP contribution is 2.25. The minimum atomic E-state index is -3.95. The van der Waals surface area contributed by atoms with Gasteiger partial charge in [0.15, 0.2) is 0 Å². The van der Waals surface area contributed by atoms with E-state index in [1.807, 2.05) is 19.9 Å². The SMILES string of the molecule is Cc1ccc(S(=O)(=O)N(CC(=O)NCCOc2ccc(C)c(Cl)c2)c2ccc(Br)cc2)cc1. The second-order valence-electron chi connectivity index (χ2n) is 7.41. The molecule has 3 aromatic carbocycles. The monoisotopic (exact) mass is 550 g/mol. The van der Waals surface area contributed by atoms with E-state index < -0.39 is 15.9 Å². The standard InChI is InChI=1S/C24H24BrClN2O4S/c1-17-3-11-22(12-4-17)33(30,31)28(20-8-6-19(25)7-9-20)16-24(29)27-13-14-32-21-10-5-18(2)23(26)15-21/h3-12,15H,13-14,16H2,1-2H3,(H,27,29). The Hall–Kier alpha value is -2.55. The molecule has 0 spiro atoms. The predicted octanol–water partition coefficient (Wildman–Crippen LogP) is 5.11. The summed E-state index contributed by atoms with van der Waals surface area (Å²) in [6.07, 6.45) is 0. The molecule has 0 saturated carbocycles. The summed E-state index contributed by atoms with van der Waals surface area (Å²) in [5, 5.41) is 3.31. The molecule has 0 radical (unpaired) electrons. The average molecular weight is 552 g/mol. The average Bonchev–Trinajstić information content (AvgIpc) is 2.78. The first kappa shape index (κ1) is 25.1. The molecule has 0 aliphatic rings. The minimum absolute atomic E-state index is 0.114. The van der Waals surface area contributed by atoms with Crippen molar-refractivity contribution in [3.05, 3.63) is 87.4 Å². The van der Waals surface area contributed by atoms with Crippen LogP contribution in [0.4, 0.5) is 5.69 Å². The van der Waals surface area contributed by atoms with Gasteiger partial charge in [-0.05, 0) is 67.9 Å². The fourth-order valence-corrected chi connectivity index (χ4v) is 4.82. The van der Waals surface area contributed by atoms with Crippen molar-refractivity contribution in [1.82, 2.24) is 5.32 Å². The lowest BCUT2D eigenvalue weighted by molar-refractivity contribution is -0.119. The Kier molecular flexibility index (Phi) is 8.40. The van der Waals surface area contributed by atoms with E-state index in [0.29, 0.717) is 16.5 Å². The van der Waals surface area contributed by atoms with Gasteiger partial charge in [-0.15, -0.1) is 0 Å². The number of ether oxygens (including phenoxy) is 1. The van der Waals surface area contributed by atoms with Gasteiger partial charge in [0, 0.05) is 9.50 Å². The van der Waals surface area contributed by atoms with Gasteiger partial charge in [-0.3, -0.25) is 9.10 Å². The van der Waals surface area contributed by atoms with Crippen molar-refractivity contribution >= 4 is 49.1 Å². The van der Waals surface area contributed by atoms with E-state index in [9.17, 15) is 13.2 Å². The molecule has 6 nitrogen and oxygen atoms in total. The van der Waals surface area contributed by atoms with Gasteiger partial charge in [0.25, 0.3) is 10.0 Å². The van der Waals surface area contributed by atoms with E-state index in [0.717, 1.165) is 19.9 Å². The highest BCUT2D eigenvalue weighted by Gasteiger charge is 2.27. The van der Waals surface area contributed by atoms with E-state index in [1.165, 1.54) is 12.1 Å². The first-order chi connectivity index (χ1) is 15.7. The van der Waals surface area contributed by atoms with Crippen LogP contribution in [0.25, 0.3) is 0 Å². The predicted molar refractivity (Wildman–Crippen MR) is 135 cm³/mol. The van der Waals surface area contributed by atoms with Crippen LogP contribution in [-0.4, -0.2) is 34.0 Å². The van der Waals surface area contributed by atoms with Crippen molar-refractivity contribution in [3.63, 3.8) is 0 Å². The van der Waals surface area contributed by atoms with Gasteiger partial charge in [0.1, 0.15) is 18.9 Å². The molecular formula is C24H24BrClN2O4S. The zero-order chi connectivity index (χ0) is 24.0. The molecule has 0 unspecified atom stereocenters. The number of nitrogens with zero attached hydrogens (tertiary/aromatic N) is 1. The highest BCUT2D eigenvalue weighted by molar-refractivity contribution is 9.10. The number of nitrogens with one attached hydrogen (secondary N) is 1. The van der Waals surface area contributed by atoms with Crippen LogP contribution in [0.15, 0.2) is 76.1 Å². The number of hydrogen-bond donors (Lipinski definition) is 1. The topological polar surface area (TPSA) is 75.7 Å². The van der Waals surface area contributed by atoms with Crippen LogP contribution < -0.4 is 14.4 Å². The number of aryl methyl sites for hydroxylation is 2. The maximum atomic E-state index is 13.3. The molecule has 0 heterocycles. The lowest BCUT2D eigenvalue weighted by Crippen LogP contribution is -2.41. The fraction of sp³-hybridized carbons (Fsp3) is 0.208. The van der Waals surface area contributed by atoms with Crippen LogP contribution in [0, 0.1) is 13.8 Å². The lowest BCUT2D eigenvalue weighted by atomic mass is 10.2. The molecule has 0 aromatic heterocycles. The third kappa shape index (κ3) is 6.72. The zero-order valence-corrected chi connectivity index (χ0v) is 21.4. The molecule has 0 saturated heterocycles. The number of carbonyl (C=O) groups is 1. The summed E-state index contributed by atoms with van der Waals surface area (Å²) < 4.78 is 34.2. The van der Waals surface area contributed by atoms with Crippen molar-refractivity contribution in [3.8, 4) is 5.75 Å². The smallest absolute Gasteiger partial charge is 0.264 e. The summed E-state index contributed by atoms with van der Waals surface area (Å²) in [6.45, 7) is 3.84. The molecule has 9 heteroatoms. The van der Waals surface area contributed by atoms with Crippen LogP contribution >= 0.6 is 27.5 Å². The van der Waals surface area contributed by atoms with Crippen molar-refractivity contribution in [2.75, 3.05) is 24.0 Å². The van der Waals surface area contributed by atoms with Crippen LogP contribution in [0.2, 0.25) is 5.02 Å². The quantitative estimate of drug-likeness (QED) is 0.375. The van der Waals surface area contributed by atoms with Gasteiger partial charge < -0.3 is 10.1 Å². The number of sulfonamides is 1. The van der Waals surface area contributed by atoms with Crippen molar-refractivity contribution in [2.45, 2.75) is 18.7 Å². The third-order valence-electron chi connectivity index (χ3n) is 4.85. The Bertz CT molecular complexity index is 1220. The molecule has 3 rings (SSSR count). The summed E-state index contributed by atoms with van der Waals surface area (Å²) in [5.41, 5.74) is 2.27. The Morgan fingerprint density at radius 2 is 1.70 bits per heavy atom. The Morgan fingerprint density at radius 1 is 1.03 bits per heavy atom. The van der Waals surface area contributed by atoms with Crippen LogP contribution in [0.5, 0.6) is 5.75 Å². The van der Waals surface area contributed by atoms with E-state index in [4.69, 9.17) is 16.3 Å². The first-order valence-electron chi connectivity index (χ1n) is 10.2. The zero-order valence-electron chi connectivity index (χ0n) is 18.2. The molecule has 174 valence electrons. The number of hydrogen-bond acceptors (Lipinski definition) is 4. The van der Waals surface area contributed by atoms with E-state index in [-0.39, 0.29) is 24.6 Å². The highest BCUT2D eigenvalue weighted by atomic mass is 79.9. The number of rotatable bonds is 9. The molecule has 1 amide bonds. The molecule has 1 N–H and O–H groups in total. The number of halogens is 2. The summed E-state index contributed by atoms with van der Waals surface area (Å²) in [6, 6.07) is 18.6. The normalized spacial score (nSPS) is 11.2. The third-order valence-corrected chi connectivity index (χ3v) is 7.57. The largest absolute Gasteiger partial charge is 0.492 e. The van der Waals surface area contributed by atoms with Crippen LogP contribution in [-0.2, 0) is 14.8 Å². The van der Waals surface area contributed by atoms with Gasteiger partial charge in [0.2, 0.25) is 5.91 Å². The van der Waals surface area contributed by atoms with Gasteiger partial charge in [-0.1, -0.05) is 51.3 Å². The van der Waals surface area contributed by atoms with Crippen LogP contribution in [0.1, 0.15) is 11.1 Å². The van der Waals surface area contributed by atoms with E-state index in [1.54, 1.807) is 48.5 Å². The molecule has 0 aliphatic heterocycles. The maximum Gasteiger partial charge on any atom is 0.264 e. The first-order valence-corrected chi connectivity index (χ1v) is 12.8. The second-order valence-corrected chi connectivity index (χ2v) is 10.6. The molecule has 0 aliphatic carbocycles. The van der Waals surface area contributed by atoms with Gasteiger partial charge >= 0.3 is 0 Å². The molecular weight excluding hydrogens is 528 g/mol.